The monoisotopic (exact) mass is 525 g/mol. The Kier molecular flexibility index (Phi) is 10.5. The molecule has 0 amide bonds. The Morgan fingerprint density at radius 3 is 2.38 bits per heavy atom. The van der Waals surface area contributed by atoms with Crippen molar-refractivity contribution in [3.05, 3.63) is 66.2 Å². The van der Waals surface area contributed by atoms with Gasteiger partial charge in [0, 0.05) is 49.4 Å². The van der Waals surface area contributed by atoms with Crippen LogP contribution in [0.15, 0.2) is 60.7 Å². The Morgan fingerprint density at radius 2 is 1.73 bits per heavy atom. The lowest BCUT2D eigenvalue weighted by Gasteiger charge is -2.37. The van der Waals surface area contributed by atoms with Crippen molar-refractivity contribution in [3.63, 3.8) is 0 Å². The smallest absolute Gasteiger partial charge is 0.303 e. The number of benzene rings is 2. The first kappa shape index (κ1) is 27.7. The normalized spacial score (nSPS) is 24.5. The third kappa shape index (κ3) is 7.84. The van der Waals surface area contributed by atoms with Crippen LogP contribution in [0.5, 0.6) is 5.75 Å². The molecule has 0 bridgehead atoms. The van der Waals surface area contributed by atoms with E-state index in [0.717, 1.165) is 59.9 Å². The first-order valence-corrected chi connectivity index (χ1v) is 14.4. The summed E-state index contributed by atoms with van der Waals surface area (Å²) in [6.07, 6.45) is 6.94. The van der Waals surface area contributed by atoms with E-state index in [9.17, 15) is 9.90 Å². The number of allylic oxidation sites excluding steroid dienone is 2. The number of hydrogen-bond acceptors (Lipinski definition) is 6. The topological polar surface area (TPSA) is 79.2 Å². The van der Waals surface area contributed by atoms with Crippen molar-refractivity contribution in [2.24, 2.45) is 5.92 Å². The van der Waals surface area contributed by atoms with E-state index in [-0.39, 0.29) is 24.5 Å². The van der Waals surface area contributed by atoms with Crippen LogP contribution in [0.1, 0.15) is 37.7 Å². The number of aliphatic carboxylic acids is 1. The van der Waals surface area contributed by atoms with Gasteiger partial charge in [-0.25, -0.2) is 0 Å². The molecule has 2 aliphatic rings. The number of carboxylic acids is 1. The SMILES string of the molecule is COc1ccc(-c2ccc(COC3CC(O)C(N4CCSCC4)C3C/C=C/CCCC(=O)O)cc2)cc1. The van der Waals surface area contributed by atoms with Crippen molar-refractivity contribution in [1.29, 1.82) is 0 Å². The lowest BCUT2D eigenvalue weighted by Crippen LogP contribution is -2.48. The van der Waals surface area contributed by atoms with Crippen molar-refractivity contribution >= 4 is 17.7 Å². The molecule has 6 nitrogen and oxygen atoms in total. The first-order valence-electron chi connectivity index (χ1n) is 13.3. The van der Waals surface area contributed by atoms with Crippen LogP contribution in [0.25, 0.3) is 11.1 Å². The van der Waals surface area contributed by atoms with Crippen LogP contribution < -0.4 is 4.74 Å². The van der Waals surface area contributed by atoms with E-state index in [1.165, 1.54) is 0 Å². The van der Waals surface area contributed by atoms with Crippen LogP contribution in [0.2, 0.25) is 0 Å². The van der Waals surface area contributed by atoms with Crippen LogP contribution in [0.4, 0.5) is 0 Å². The molecule has 1 aliphatic heterocycles. The Morgan fingerprint density at radius 1 is 1.05 bits per heavy atom. The van der Waals surface area contributed by atoms with Gasteiger partial charge in [-0.2, -0.15) is 11.8 Å². The third-order valence-electron chi connectivity index (χ3n) is 7.43. The second-order valence-corrected chi connectivity index (χ2v) is 11.1. The maximum absolute atomic E-state index is 11.1. The molecule has 7 heteroatoms. The molecule has 2 aromatic carbocycles. The molecule has 2 aromatic rings. The molecule has 0 spiro atoms. The van der Waals surface area contributed by atoms with Gasteiger partial charge >= 0.3 is 5.97 Å². The zero-order chi connectivity index (χ0) is 26.0. The van der Waals surface area contributed by atoms with Crippen molar-refractivity contribution in [2.45, 2.75) is 57.0 Å². The Labute approximate surface area is 224 Å². The second kappa shape index (κ2) is 14.0. The van der Waals surface area contributed by atoms with Crippen molar-refractivity contribution in [3.8, 4) is 16.9 Å². The highest BCUT2D eigenvalue weighted by Crippen LogP contribution is 2.37. The number of aliphatic hydroxyl groups is 1. The number of carboxylic acid groups (broad SMARTS) is 1. The fourth-order valence-corrected chi connectivity index (χ4v) is 6.38. The number of unbranched alkanes of at least 4 members (excludes halogenated alkanes) is 1. The average Bonchev–Trinajstić information content (AvgIpc) is 3.24. The van der Waals surface area contributed by atoms with Gasteiger partial charge in [-0.05, 0) is 48.1 Å². The van der Waals surface area contributed by atoms with E-state index in [2.05, 4.69) is 53.5 Å². The van der Waals surface area contributed by atoms with Gasteiger partial charge in [0.15, 0.2) is 0 Å². The number of carbonyl (C=O) groups is 1. The zero-order valence-corrected chi connectivity index (χ0v) is 22.4. The molecule has 4 unspecified atom stereocenters. The predicted octanol–water partition coefficient (Wildman–Crippen LogP) is 5.25. The Hall–Kier alpha value is -2.32. The van der Waals surface area contributed by atoms with Gasteiger partial charge in [-0.1, -0.05) is 48.6 Å². The minimum absolute atomic E-state index is 0.0143. The standard InChI is InChI=1S/C30H39NO5S/c1-35-25-14-12-24(13-15-25)23-10-8-22(9-11-23)21-36-28-20-27(32)30(31-16-18-37-19-17-31)26(28)6-4-2-3-5-7-29(33)34/h2,4,8-15,26-28,30,32H,3,5-7,16-21H2,1H3,(H,33,34)/b4-2+. The van der Waals surface area contributed by atoms with Gasteiger partial charge in [0.2, 0.25) is 0 Å². The molecule has 4 atom stereocenters. The Bertz CT molecular complexity index is 1000. The minimum Gasteiger partial charge on any atom is -0.497 e. The van der Waals surface area contributed by atoms with E-state index < -0.39 is 12.1 Å². The molecule has 0 radical (unpaired) electrons. The first-order chi connectivity index (χ1) is 18.0. The predicted molar refractivity (Wildman–Crippen MR) is 149 cm³/mol. The number of thioether (sulfide) groups is 1. The zero-order valence-electron chi connectivity index (χ0n) is 21.6. The molecule has 200 valence electrons. The lowest BCUT2D eigenvalue weighted by molar-refractivity contribution is -0.137. The molecular formula is C30H39NO5S. The lowest BCUT2D eigenvalue weighted by atomic mass is 9.95. The number of rotatable bonds is 12. The maximum atomic E-state index is 11.1. The van der Waals surface area contributed by atoms with E-state index in [0.29, 0.717) is 19.4 Å². The summed E-state index contributed by atoms with van der Waals surface area (Å²) in [5.74, 6) is 2.52. The summed E-state index contributed by atoms with van der Waals surface area (Å²) < 4.78 is 11.7. The van der Waals surface area contributed by atoms with Crippen molar-refractivity contribution in [2.75, 3.05) is 31.7 Å². The summed E-state index contributed by atoms with van der Waals surface area (Å²) in [7, 11) is 1.67. The largest absolute Gasteiger partial charge is 0.497 e. The summed E-state index contributed by atoms with van der Waals surface area (Å²) in [5, 5.41) is 19.9. The summed E-state index contributed by atoms with van der Waals surface area (Å²) >= 11 is 1.98. The van der Waals surface area contributed by atoms with Crippen molar-refractivity contribution in [1.82, 2.24) is 4.90 Å². The summed E-state index contributed by atoms with van der Waals surface area (Å²) in [5.41, 5.74) is 3.41. The molecule has 1 aliphatic carbocycles. The van der Waals surface area contributed by atoms with Crippen LogP contribution in [0, 0.1) is 5.92 Å². The number of hydrogen-bond donors (Lipinski definition) is 2. The van der Waals surface area contributed by atoms with E-state index in [4.69, 9.17) is 14.6 Å². The van der Waals surface area contributed by atoms with Crippen LogP contribution in [-0.4, -0.2) is 71.0 Å². The third-order valence-corrected chi connectivity index (χ3v) is 8.37. The van der Waals surface area contributed by atoms with E-state index in [1.807, 2.05) is 23.9 Å². The van der Waals surface area contributed by atoms with E-state index >= 15 is 0 Å². The molecule has 1 saturated heterocycles. The number of aliphatic hydroxyl groups excluding tert-OH is 1. The highest BCUT2D eigenvalue weighted by Gasteiger charge is 2.45. The molecular weight excluding hydrogens is 486 g/mol. The molecule has 2 fully saturated rings. The van der Waals surface area contributed by atoms with Gasteiger partial charge in [0.25, 0.3) is 0 Å². The minimum atomic E-state index is -0.749. The molecule has 4 rings (SSSR count). The summed E-state index contributed by atoms with van der Waals surface area (Å²) in [6, 6.07) is 16.6. The number of methoxy groups -OCH3 is 1. The fraction of sp³-hybridized carbons (Fsp3) is 0.500. The number of ether oxygens (including phenoxy) is 2. The fourth-order valence-electron chi connectivity index (χ4n) is 5.45. The van der Waals surface area contributed by atoms with E-state index in [1.54, 1.807) is 7.11 Å². The van der Waals surface area contributed by atoms with Gasteiger partial charge in [0.05, 0.1) is 25.9 Å². The summed E-state index contributed by atoms with van der Waals surface area (Å²) in [4.78, 5) is 13.2. The molecule has 2 N–H and O–H groups in total. The Balaban J connectivity index is 1.38. The number of nitrogens with zero attached hydrogens (tertiary/aromatic N) is 1. The quantitative estimate of drug-likeness (QED) is 0.290. The highest BCUT2D eigenvalue weighted by atomic mass is 32.2. The molecule has 1 heterocycles. The second-order valence-electron chi connectivity index (χ2n) is 9.87. The highest BCUT2D eigenvalue weighted by molar-refractivity contribution is 7.99. The van der Waals surface area contributed by atoms with Crippen LogP contribution in [-0.2, 0) is 16.1 Å². The van der Waals surface area contributed by atoms with Gasteiger partial charge < -0.3 is 19.7 Å². The van der Waals surface area contributed by atoms with Crippen molar-refractivity contribution < 1.29 is 24.5 Å². The molecule has 0 aromatic heterocycles. The average molecular weight is 526 g/mol. The van der Waals surface area contributed by atoms with Gasteiger partial charge in [0.1, 0.15) is 5.75 Å². The van der Waals surface area contributed by atoms with Gasteiger partial charge in [-0.3, -0.25) is 9.69 Å². The van der Waals surface area contributed by atoms with Gasteiger partial charge in [-0.15, -0.1) is 0 Å². The van der Waals surface area contributed by atoms with Crippen LogP contribution in [0.3, 0.4) is 0 Å². The molecule has 37 heavy (non-hydrogen) atoms. The summed E-state index contributed by atoms with van der Waals surface area (Å²) in [6.45, 7) is 2.53. The maximum Gasteiger partial charge on any atom is 0.303 e. The van der Waals surface area contributed by atoms with Crippen LogP contribution >= 0.6 is 11.8 Å². The molecule has 1 saturated carbocycles.